The fraction of sp³-hybridized carbons (Fsp3) is 0.214. The molecule has 0 saturated heterocycles. The molecule has 0 fully saturated rings. The Bertz CT molecular complexity index is 704. The van der Waals surface area contributed by atoms with E-state index in [1.165, 1.54) is 6.08 Å². The van der Waals surface area contributed by atoms with Crippen molar-refractivity contribution in [1.29, 1.82) is 0 Å². The van der Waals surface area contributed by atoms with Crippen molar-refractivity contribution in [2.75, 3.05) is 0 Å². The van der Waals surface area contributed by atoms with Crippen LogP contribution in [-0.2, 0) is 4.79 Å². The predicted octanol–water partition coefficient (Wildman–Crippen LogP) is 4.10. The molecule has 22 heavy (non-hydrogen) atoms. The van der Waals surface area contributed by atoms with Gasteiger partial charge in [-0.05, 0) is 23.1 Å². The molecule has 114 valence electrons. The number of azide groups is 1. The van der Waals surface area contributed by atoms with E-state index in [1.54, 1.807) is 30.3 Å². The highest BCUT2D eigenvalue weighted by molar-refractivity contribution is 5.92. The van der Waals surface area contributed by atoms with Gasteiger partial charge in [0.1, 0.15) is 0 Å². The van der Waals surface area contributed by atoms with Crippen LogP contribution in [0.5, 0.6) is 0 Å². The molecule has 0 heterocycles. The smallest absolute Gasteiger partial charge is 0.404 e. The van der Waals surface area contributed by atoms with Crippen LogP contribution in [-0.4, -0.2) is 22.8 Å². The molecule has 0 spiro atoms. The SMILES string of the molecule is [N-]=[N+]=NC1(C(F)(F)F)CC(c2ccccc2)=CC=C1C(=O)O. The Hall–Kier alpha value is -2.73. The fourth-order valence-electron chi connectivity index (χ4n) is 2.33. The lowest BCUT2D eigenvalue weighted by atomic mass is 9.77. The molecule has 2 rings (SSSR count). The van der Waals surface area contributed by atoms with Gasteiger partial charge >= 0.3 is 12.1 Å². The molecule has 5 nitrogen and oxygen atoms in total. The van der Waals surface area contributed by atoms with Crippen LogP contribution in [0.4, 0.5) is 13.2 Å². The molecular weight excluding hydrogens is 299 g/mol. The summed E-state index contributed by atoms with van der Waals surface area (Å²) in [5.41, 5.74) is 5.17. The third-order valence-corrected chi connectivity index (χ3v) is 3.40. The summed E-state index contributed by atoms with van der Waals surface area (Å²) in [5, 5.41) is 11.9. The van der Waals surface area contributed by atoms with Crippen LogP contribution < -0.4 is 0 Å². The molecule has 0 aliphatic heterocycles. The summed E-state index contributed by atoms with van der Waals surface area (Å²) in [7, 11) is 0. The lowest BCUT2D eigenvalue weighted by Gasteiger charge is -2.34. The minimum absolute atomic E-state index is 0.246. The zero-order valence-corrected chi connectivity index (χ0v) is 11.1. The van der Waals surface area contributed by atoms with Crippen LogP contribution in [0.2, 0.25) is 0 Å². The molecule has 0 aromatic heterocycles. The van der Waals surface area contributed by atoms with E-state index in [4.69, 9.17) is 10.6 Å². The van der Waals surface area contributed by atoms with Gasteiger partial charge < -0.3 is 5.11 Å². The zero-order valence-electron chi connectivity index (χ0n) is 11.1. The molecular formula is C14H10F3N3O2. The maximum Gasteiger partial charge on any atom is 0.404 e. The Morgan fingerprint density at radius 3 is 2.41 bits per heavy atom. The van der Waals surface area contributed by atoms with E-state index in [1.807, 2.05) is 0 Å². The number of benzene rings is 1. The number of nitrogens with zero attached hydrogens (tertiary/aromatic N) is 3. The minimum atomic E-state index is -5.03. The molecule has 1 aliphatic rings. The molecule has 1 aromatic rings. The van der Waals surface area contributed by atoms with Gasteiger partial charge in [0.2, 0.25) is 0 Å². The molecule has 1 atom stereocenters. The standard InChI is InChI=1S/C14H10F3N3O2/c15-14(16,17)13(19-20-18)8-10(6-7-11(13)12(21)22)9-4-2-1-3-5-9/h1-7H,8H2,(H,21,22). The van der Waals surface area contributed by atoms with E-state index in [-0.39, 0.29) is 5.57 Å². The number of hydrogen-bond donors (Lipinski definition) is 1. The maximum absolute atomic E-state index is 13.5. The quantitative estimate of drug-likeness (QED) is 0.518. The number of alkyl halides is 3. The lowest BCUT2D eigenvalue weighted by Crippen LogP contribution is -2.48. The molecule has 1 unspecified atom stereocenters. The van der Waals surface area contributed by atoms with Gasteiger partial charge in [0.25, 0.3) is 0 Å². The van der Waals surface area contributed by atoms with Crippen LogP contribution in [0.15, 0.2) is 53.2 Å². The van der Waals surface area contributed by atoms with Gasteiger partial charge in [-0.3, -0.25) is 0 Å². The van der Waals surface area contributed by atoms with Crippen LogP contribution >= 0.6 is 0 Å². The Balaban J connectivity index is 2.64. The molecule has 0 saturated carbocycles. The van der Waals surface area contributed by atoms with Gasteiger partial charge in [-0.15, -0.1) is 0 Å². The normalized spacial score (nSPS) is 21.4. The minimum Gasteiger partial charge on any atom is -0.478 e. The van der Waals surface area contributed by atoms with Gasteiger partial charge in [-0.25, -0.2) is 4.79 Å². The average molecular weight is 309 g/mol. The van der Waals surface area contributed by atoms with Crippen molar-refractivity contribution in [1.82, 2.24) is 0 Å². The topological polar surface area (TPSA) is 86.1 Å². The van der Waals surface area contributed by atoms with Gasteiger partial charge in [0.05, 0.1) is 5.57 Å². The Kier molecular flexibility index (Phi) is 3.97. The average Bonchev–Trinajstić information content (AvgIpc) is 2.47. The summed E-state index contributed by atoms with van der Waals surface area (Å²) < 4.78 is 40.5. The van der Waals surface area contributed by atoms with E-state index in [2.05, 4.69) is 10.0 Å². The molecule has 0 bridgehead atoms. The number of carbonyl (C=O) groups is 1. The summed E-state index contributed by atoms with van der Waals surface area (Å²) in [4.78, 5) is 13.4. The Labute approximate surface area is 123 Å². The van der Waals surface area contributed by atoms with Crippen molar-refractivity contribution < 1.29 is 23.1 Å². The second-order valence-electron chi connectivity index (χ2n) is 4.67. The molecule has 0 amide bonds. The van der Waals surface area contributed by atoms with Crippen molar-refractivity contribution in [3.05, 3.63) is 64.1 Å². The highest BCUT2D eigenvalue weighted by Gasteiger charge is 2.59. The first-order valence-electron chi connectivity index (χ1n) is 6.15. The monoisotopic (exact) mass is 309 g/mol. The first-order chi connectivity index (χ1) is 10.3. The number of rotatable bonds is 3. The second kappa shape index (κ2) is 5.57. The van der Waals surface area contributed by atoms with E-state index < -0.39 is 29.7 Å². The van der Waals surface area contributed by atoms with Crippen LogP contribution in [0.3, 0.4) is 0 Å². The van der Waals surface area contributed by atoms with Crippen molar-refractivity contribution in [2.45, 2.75) is 18.1 Å². The van der Waals surface area contributed by atoms with E-state index in [0.29, 0.717) is 5.56 Å². The molecule has 8 heteroatoms. The van der Waals surface area contributed by atoms with Gasteiger partial charge in [0.15, 0.2) is 5.54 Å². The van der Waals surface area contributed by atoms with Crippen molar-refractivity contribution >= 4 is 11.5 Å². The van der Waals surface area contributed by atoms with E-state index in [0.717, 1.165) is 6.08 Å². The van der Waals surface area contributed by atoms with Crippen LogP contribution in [0.25, 0.3) is 16.0 Å². The summed E-state index contributed by atoms with van der Waals surface area (Å²) in [5.74, 6) is -1.77. The first kappa shape index (κ1) is 15.7. The Morgan fingerprint density at radius 2 is 1.91 bits per heavy atom. The number of allylic oxidation sites excluding steroid dienone is 2. The van der Waals surface area contributed by atoms with Crippen molar-refractivity contribution in [2.24, 2.45) is 5.11 Å². The third kappa shape index (κ3) is 2.56. The highest BCUT2D eigenvalue weighted by atomic mass is 19.4. The van der Waals surface area contributed by atoms with Crippen molar-refractivity contribution in [3.63, 3.8) is 0 Å². The predicted molar refractivity (Wildman–Crippen MR) is 72.7 cm³/mol. The largest absolute Gasteiger partial charge is 0.478 e. The fourth-order valence-corrected chi connectivity index (χ4v) is 2.33. The van der Waals surface area contributed by atoms with Gasteiger partial charge in [0, 0.05) is 4.91 Å². The van der Waals surface area contributed by atoms with Crippen LogP contribution in [0, 0.1) is 0 Å². The molecule has 1 aromatic carbocycles. The first-order valence-corrected chi connectivity index (χ1v) is 6.15. The van der Waals surface area contributed by atoms with Crippen LogP contribution in [0.1, 0.15) is 12.0 Å². The maximum atomic E-state index is 13.5. The molecule has 1 aliphatic carbocycles. The van der Waals surface area contributed by atoms with Gasteiger partial charge in [-0.2, -0.15) is 13.2 Å². The molecule has 0 radical (unpaired) electrons. The highest BCUT2D eigenvalue weighted by Crippen LogP contribution is 2.48. The van der Waals surface area contributed by atoms with E-state index in [9.17, 15) is 18.0 Å². The van der Waals surface area contributed by atoms with Crippen molar-refractivity contribution in [3.8, 4) is 0 Å². The zero-order chi connectivity index (χ0) is 16.4. The number of aliphatic carboxylic acids is 1. The summed E-state index contributed by atoms with van der Waals surface area (Å²) in [6.07, 6.45) is -3.65. The number of hydrogen-bond acceptors (Lipinski definition) is 2. The number of carboxylic acids is 1. The lowest BCUT2D eigenvalue weighted by molar-refractivity contribution is -0.177. The summed E-state index contributed by atoms with van der Waals surface area (Å²) in [6, 6.07) is 8.20. The number of halogens is 3. The van der Waals surface area contributed by atoms with E-state index >= 15 is 0 Å². The second-order valence-corrected chi connectivity index (χ2v) is 4.67. The number of carboxylic acid groups (broad SMARTS) is 1. The summed E-state index contributed by atoms with van der Waals surface area (Å²) >= 11 is 0. The third-order valence-electron chi connectivity index (χ3n) is 3.40. The summed E-state index contributed by atoms with van der Waals surface area (Å²) in [6.45, 7) is 0. The Morgan fingerprint density at radius 1 is 1.27 bits per heavy atom. The van der Waals surface area contributed by atoms with Gasteiger partial charge in [-0.1, -0.05) is 47.6 Å². The molecule has 1 N–H and O–H groups in total.